The standard InChI is InChI=1S/C22H35O3P/c1-22(2,18-13-7-4-8-14-18)19-15-9-10-16-20(19)25-26(24)21(23)17-11-5-3-6-12-17/h4,7-8,13-14,17,19-21,23-24H,3,5-6,9-12,15-16H2,1-2H3. The smallest absolute Gasteiger partial charge is 0.199 e. The molecule has 0 amide bonds. The fraction of sp³-hybridized carbons (Fsp3) is 0.727. The van der Waals surface area contributed by atoms with Crippen LogP contribution in [0.3, 0.4) is 0 Å². The molecular formula is C22H35O3P. The molecule has 1 aromatic rings. The molecule has 4 heteroatoms. The topological polar surface area (TPSA) is 49.7 Å². The predicted octanol–water partition coefficient (Wildman–Crippen LogP) is 5.74. The van der Waals surface area contributed by atoms with Crippen molar-refractivity contribution in [2.45, 2.75) is 89.0 Å². The first-order valence-corrected chi connectivity index (χ1v) is 11.7. The highest BCUT2D eigenvalue weighted by atomic mass is 31.2. The summed E-state index contributed by atoms with van der Waals surface area (Å²) in [6.45, 7) is 4.60. The Kier molecular flexibility index (Phi) is 7.13. The van der Waals surface area contributed by atoms with Crippen LogP contribution in [-0.2, 0) is 9.94 Å². The van der Waals surface area contributed by atoms with Crippen molar-refractivity contribution in [2.75, 3.05) is 0 Å². The Bertz CT molecular complexity index is 542. The molecule has 4 atom stereocenters. The monoisotopic (exact) mass is 378 g/mol. The van der Waals surface area contributed by atoms with Crippen molar-refractivity contribution in [2.24, 2.45) is 11.8 Å². The second kappa shape index (κ2) is 9.15. The van der Waals surface area contributed by atoms with E-state index in [0.717, 1.165) is 44.9 Å². The average molecular weight is 378 g/mol. The van der Waals surface area contributed by atoms with Crippen molar-refractivity contribution < 1.29 is 14.5 Å². The molecule has 2 aliphatic rings. The first kappa shape index (κ1) is 20.3. The van der Waals surface area contributed by atoms with E-state index >= 15 is 0 Å². The van der Waals surface area contributed by atoms with Gasteiger partial charge in [0.2, 0.25) is 0 Å². The number of aliphatic hydroxyl groups excluding tert-OH is 1. The van der Waals surface area contributed by atoms with E-state index in [0.29, 0.717) is 5.92 Å². The molecule has 0 saturated heterocycles. The van der Waals surface area contributed by atoms with Gasteiger partial charge in [-0.1, -0.05) is 76.3 Å². The predicted molar refractivity (Wildman–Crippen MR) is 108 cm³/mol. The van der Waals surface area contributed by atoms with E-state index in [1.807, 2.05) is 0 Å². The summed E-state index contributed by atoms with van der Waals surface area (Å²) in [5, 5.41) is 10.6. The summed E-state index contributed by atoms with van der Waals surface area (Å²) in [7, 11) is -1.77. The molecule has 0 heterocycles. The molecule has 2 N–H and O–H groups in total. The summed E-state index contributed by atoms with van der Waals surface area (Å²) in [5.74, 6) is -0.105. The molecule has 0 radical (unpaired) electrons. The molecule has 26 heavy (non-hydrogen) atoms. The molecular weight excluding hydrogens is 343 g/mol. The summed E-state index contributed by atoms with van der Waals surface area (Å²) < 4.78 is 6.20. The molecule has 2 aliphatic carbocycles. The molecule has 1 aromatic carbocycles. The van der Waals surface area contributed by atoms with Gasteiger partial charge in [0.1, 0.15) is 5.85 Å². The third-order valence-electron chi connectivity index (χ3n) is 6.69. The molecule has 2 fully saturated rings. The maximum absolute atomic E-state index is 10.7. The lowest BCUT2D eigenvalue weighted by atomic mass is 9.66. The fourth-order valence-corrected chi connectivity index (χ4v) is 6.26. The quantitative estimate of drug-likeness (QED) is 0.620. The van der Waals surface area contributed by atoms with Gasteiger partial charge in [0.15, 0.2) is 8.38 Å². The van der Waals surface area contributed by atoms with Crippen LogP contribution in [0.4, 0.5) is 0 Å². The Morgan fingerprint density at radius 1 is 0.962 bits per heavy atom. The first-order chi connectivity index (χ1) is 12.5. The van der Waals surface area contributed by atoms with E-state index in [1.54, 1.807) is 0 Å². The van der Waals surface area contributed by atoms with Gasteiger partial charge in [0.25, 0.3) is 0 Å². The Balaban J connectivity index is 1.68. The molecule has 0 bridgehead atoms. The maximum atomic E-state index is 10.7. The highest BCUT2D eigenvalue weighted by Gasteiger charge is 2.41. The number of hydrogen-bond donors (Lipinski definition) is 2. The molecule has 4 unspecified atom stereocenters. The zero-order chi connectivity index (χ0) is 18.6. The van der Waals surface area contributed by atoms with Crippen molar-refractivity contribution in [3.05, 3.63) is 35.9 Å². The van der Waals surface area contributed by atoms with Crippen LogP contribution in [-0.4, -0.2) is 21.9 Å². The summed E-state index contributed by atoms with van der Waals surface area (Å²) in [4.78, 5) is 10.7. The zero-order valence-electron chi connectivity index (χ0n) is 16.3. The number of hydrogen-bond acceptors (Lipinski definition) is 3. The molecule has 0 aliphatic heterocycles. The van der Waals surface area contributed by atoms with Crippen LogP contribution in [0.2, 0.25) is 0 Å². The minimum atomic E-state index is -1.77. The van der Waals surface area contributed by atoms with Crippen LogP contribution in [0.15, 0.2) is 30.3 Å². The number of benzene rings is 1. The van der Waals surface area contributed by atoms with Gasteiger partial charge in [0.05, 0.1) is 6.10 Å². The second-order valence-electron chi connectivity index (χ2n) is 8.74. The van der Waals surface area contributed by atoms with Gasteiger partial charge in [-0.3, -0.25) is 0 Å². The Hall–Kier alpha value is -0.470. The summed E-state index contributed by atoms with van der Waals surface area (Å²) in [6.07, 6.45) is 10.1. The maximum Gasteiger partial charge on any atom is 0.199 e. The highest BCUT2D eigenvalue weighted by Crippen LogP contribution is 2.50. The van der Waals surface area contributed by atoms with Gasteiger partial charge in [-0.15, -0.1) is 0 Å². The lowest BCUT2D eigenvalue weighted by Crippen LogP contribution is -2.41. The lowest BCUT2D eigenvalue weighted by Gasteiger charge is -2.43. The molecule has 2 saturated carbocycles. The fourth-order valence-electron chi connectivity index (χ4n) is 4.94. The molecule has 3 rings (SSSR count). The molecule has 0 aromatic heterocycles. The largest absolute Gasteiger partial charge is 0.383 e. The van der Waals surface area contributed by atoms with Crippen LogP contribution < -0.4 is 0 Å². The lowest BCUT2D eigenvalue weighted by molar-refractivity contribution is 0.0381. The number of aliphatic hydroxyl groups is 1. The van der Waals surface area contributed by atoms with Crippen molar-refractivity contribution in [1.29, 1.82) is 0 Å². The molecule has 146 valence electrons. The third-order valence-corrected chi connectivity index (χ3v) is 8.05. The van der Waals surface area contributed by atoms with Crippen LogP contribution in [0.1, 0.15) is 77.2 Å². The number of rotatable bonds is 6. The van der Waals surface area contributed by atoms with Gasteiger partial charge in [-0.05, 0) is 48.5 Å². The van der Waals surface area contributed by atoms with Crippen LogP contribution in [0.5, 0.6) is 0 Å². The van der Waals surface area contributed by atoms with Gasteiger partial charge in [0, 0.05) is 0 Å². The van der Waals surface area contributed by atoms with Gasteiger partial charge < -0.3 is 14.5 Å². The zero-order valence-corrected chi connectivity index (χ0v) is 17.2. The van der Waals surface area contributed by atoms with E-state index in [4.69, 9.17) is 4.52 Å². The van der Waals surface area contributed by atoms with E-state index in [1.165, 1.54) is 18.4 Å². The van der Waals surface area contributed by atoms with E-state index in [9.17, 15) is 10.00 Å². The SMILES string of the molecule is CC(C)(c1ccccc1)C1CCCCC1OP(O)C(O)C1CCCCC1. The van der Waals surface area contributed by atoms with E-state index < -0.39 is 14.2 Å². The second-order valence-corrected chi connectivity index (χ2v) is 10.1. The highest BCUT2D eigenvalue weighted by molar-refractivity contribution is 7.46. The third kappa shape index (κ3) is 4.68. The van der Waals surface area contributed by atoms with Gasteiger partial charge in [-0.25, -0.2) is 0 Å². The van der Waals surface area contributed by atoms with Crippen molar-refractivity contribution in [3.8, 4) is 0 Å². The first-order valence-electron chi connectivity index (χ1n) is 10.4. The van der Waals surface area contributed by atoms with Crippen molar-refractivity contribution >= 4 is 8.38 Å². The summed E-state index contributed by atoms with van der Waals surface area (Å²) in [6, 6.07) is 10.7. The minimum Gasteiger partial charge on any atom is -0.383 e. The molecule has 0 spiro atoms. The Morgan fingerprint density at radius 3 is 2.27 bits per heavy atom. The summed E-state index contributed by atoms with van der Waals surface area (Å²) in [5.41, 5.74) is 1.33. The van der Waals surface area contributed by atoms with Crippen molar-refractivity contribution in [3.63, 3.8) is 0 Å². The Morgan fingerprint density at radius 2 is 1.58 bits per heavy atom. The Labute approximate surface area is 160 Å². The molecule has 3 nitrogen and oxygen atoms in total. The van der Waals surface area contributed by atoms with Gasteiger partial charge in [-0.2, -0.15) is 0 Å². The summed E-state index contributed by atoms with van der Waals surface area (Å²) >= 11 is 0. The van der Waals surface area contributed by atoms with Gasteiger partial charge >= 0.3 is 0 Å². The van der Waals surface area contributed by atoms with E-state index in [-0.39, 0.29) is 17.4 Å². The van der Waals surface area contributed by atoms with Crippen LogP contribution >= 0.6 is 8.38 Å². The normalized spacial score (nSPS) is 27.8. The minimum absolute atomic E-state index is 0.00168. The van der Waals surface area contributed by atoms with E-state index in [2.05, 4.69) is 44.2 Å². The van der Waals surface area contributed by atoms with Crippen LogP contribution in [0, 0.1) is 11.8 Å². The van der Waals surface area contributed by atoms with Crippen molar-refractivity contribution in [1.82, 2.24) is 0 Å². The average Bonchev–Trinajstić information content (AvgIpc) is 2.69. The van der Waals surface area contributed by atoms with Crippen LogP contribution in [0.25, 0.3) is 0 Å².